The molecular formula is C21H24N2O4. The Morgan fingerprint density at radius 1 is 1.15 bits per heavy atom. The highest BCUT2D eigenvalue weighted by Gasteiger charge is 2.33. The van der Waals surface area contributed by atoms with Gasteiger partial charge in [0, 0.05) is 6.07 Å². The zero-order valence-electron chi connectivity index (χ0n) is 15.4. The Hall–Kier alpha value is -2.76. The van der Waals surface area contributed by atoms with Crippen LogP contribution in [0.25, 0.3) is 0 Å². The first-order valence-corrected chi connectivity index (χ1v) is 9.45. The van der Waals surface area contributed by atoms with Crippen LogP contribution >= 0.6 is 0 Å². The lowest BCUT2D eigenvalue weighted by Crippen LogP contribution is -2.27. The summed E-state index contributed by atoms with van der Waals surface area (Å²) < 4.78 is 16.4. The molecule has 6 nitrogen and oxygen atoms in total. The molecule has 0 saturated heterocycles. The second-order valence-corrected chi connectivity index (χ2v) is 7.00. The molecule has 6 heteroatoms. The minimum atomic E-state index is -0.217. The van der Waals surface area contributed by atoms with E-state index in [2.05, 4.69) is 10.3 Å². The molecule has 1 unspecified atom stereocenters. The van der Waals surface area contributed by atoms with Crippen molar-refractivity contribution in [2.75, 3.05) is 25.6 Å². The summed E-state index contributed by atoms with van der Waals surface area (Å²) >= 11 is 0. The van der Waals surface area contributed by atoms with Gasteiger partial charge in [-0.25, -0.2) is 4.98 Å². The van der Waals surface area contributed by atoms with Crippen molar-refractivity contribution in [2.45, 2.75) is 31.6 Å². The van der Waals surface area contributed by atoms with E-state index in [0.29, 0.717) is 30.7 Å². The van der Waals surface area contributed by atoms with Gasteiger partial charge in [0.05, 0.1) is 24.9 Å². The van der Waals surface area contributed by atoms with Gasteiger partial charge in [-0.2, -0.15) is 0 Å². The molecule has 142 valence electrons. The number of carbonyl (C=O) groups is 1. The summed E-state index contributed by atoms with van der Waals surface area (Å²) in [5, 5.41) is 3.02. The number of nitrogens with one attached hydrogen (secondary N) is 1. The molecule has 1 aliphatic heterocycles. The van der Waals surface area contributed by atoms with Crippen molar-refractivity contribution in [1.29, 1.82) is 0 Å². The van der Waals surface area contributed by atoms with Gasteiger partial charge >= 0.3 is 0 Å². The molecule has 0 bridgehead atoms. The molecule has 2 heterocycles. The predicted octanol–water partition coefficient (Wildman–Crippen LogP) is 3.77. The Morgan fingerprint density at radius 3 is 2.63 bits per heavy atom. The predicted molar refractivity (Wildman–Crippen MR) is 102 cm³/mol. The summed E-state index contributed by atoms with van der Waals surface area (Å²) in [6.07, 6.45) is 6.08. The van der Waals surface area contributed by atoms with Crippen molar-refractivity contribution in [1.82, 2.24) is 4.98 Å². The number of aromatic nitrogens is 1. The average Bonchev–Trinajstić information content (AvgIpc) is 3.23. The maximum Gasteiger partial charge on any atom is 0.232 e. The molecule has 0 spiro atoms. The Balaban J connectivity index is 1.59. The first-order valence-electron chi connectivity index (χ1n) is 9.45. The van der Waals surface area contributed by atoms with Crippen LogP contribution < -0.4 is 19.5 Å². The Bertz CT molecular complexity index is 800. The molecule has 1 amide bonds. The summed E-state index contributed by atoms with van der Waals surface area (Å²) in [7, 11) is 1.57. The second-order valence-electron chi connectivity index (χ2n) is 7.00. The summed E-state index contributed by atoms with van der Waals surface area (Å²) in [4.78, 5) is 17.3. The van der Waals surface area contributed by atoms with Crippen LogP contribution in [0, 0.1) is 5.92 Å². The van der Waals surface area contributed by atoms with E-state index in [-0.39, 0.29) is 11.8 Å². The number of hydrogen-bond donors (Lipinski definition) is 1. The standard InChI is InChI=1S/C21H24N2O4/c1-25-19-9-7-16(13-22-19)23-21(24)20(14-4-2-3-5-14)15-6-8-17-18(12-15)27-11-10-26-17/h6-9,12-14,20H,2-5,10-11H2,1H3,(H,23,24). The summed E-state index contributed by atoms with van der Waals surface area (Å²) in [6.45, 7) is 1.09. The third kappa shape index (κ3) is 3.84. The van der Waals surface area contributed by atoms with Crippen LogP contribution in [-0.2, 0) is 4.79 Å². The molecule has 4 rings (SSSR count). The molecule has 1 aliphatic carbocycles. The molecule has 1 saturated carbocycles. The average molecular weight is 368 g/mol. The van der Waals surface area contributed by atoms with Crippen LogP contribution in [0.1, 0.15) is 37.2 Å². The number of benzene rings is 1. The zero-order valence-corrected chi connectivity index (χ0v) is 15.4. The van der Waals surface area contributed by atoms with Crippen LogP contribution in [0.3, 0.4) is 0 Å². The summed E-state index contributed by atoms with van der Waals surface area (Å²) in [6, 6.07) is 9.41. The lowest BCUT2D eigenvalue weighted by molar-refractivity contribution is -0.118. The highest BCUT2D eigenvalue weighted by molar-refractivity contribution is 5.96. The van der Waals surface area contributed by atoms with Gasteiger partial charge in [-0.05, 0) is 42.5 Å². The van der Waals surface area contributed by atoms with Crippen LogP contribution in [0.15, 0.2) is 36.5 Å². The lowest BCUT2D eigenvalue weighted by Gasteiger charge is -2.25. The maximum absolute atomic E-state index is 13.2. The molecule has 1 aromatic carbocycles. The van der Waals surface area contributed by atoms with E-state index >= 15 is 0 Å². The molecular weight excluding hydrogens is 344 g/mol. The Kier molecular flexibility index (Phi) is 5.14. The van der Waals surface area contributed by atoms with Crippen molar-refractivity contribution in [2.24, 2.45) is 5.92 Å². The summed E-state index contributed by atoms with van der Waals surface area (Å²) in [5.74, 6) is 2.09. The normalized spacial score (nSPS) is 17.4. The van der Waals surface area contributed by atoms with Gasteiger partial charge in [0.2, 0.25) is 11.8 Å². The van der Waals surface area contributed by atoms with E-state index < -0.39 is 0 Å². The number of methoxy groups -OCH3 is 1. The minimum absolute atomic E-state index is 0.00875. The summed E-state index contributed by atoms with van der Waals surface area (Å²) in [5.41, 5.74) is 1.64. The highest BCUT2D eigenvalue weighted by Crippen LogP contribution is 2.41. The highest BCUT2D eigenvalue weighted by atomic mass is 16.6. The van der Waals surface area contributed by atoms with Crippen molar-refractivity contribution in [3.05, 3.63) is 42.1 Å². The van der Waals surface area contributed by atoms with Crippen LogP contribution in [0.2, 0.25) is 0 Å². The van der Waals surface area contributed by atoms with E-state index in [1.165, 1.54) is 12.8 Å². The van der Waals surface area contributed by atoms with Crippen molar-refractivity contribution in [3.63, 3.8) is 0 Å². The molecule has 2 aliphatic rings. The number of ether oxygens (including phenoxy) is 3. The number of amides is 1. The molecule has 1 fully saturated rings. The third-order valence-electron chi connectivity index (χ3n) is 5.29. The molecule has 27 heavy (non-hydrogen) atoms. The van der Waals surface area contributed by atoms with Gasteiger partial charge in [-0.3, -0.25) is 4.79 Å². The zero-order chi connectivity index (χ0) is 18.6. The molecule has 1 aromatic heterocycles. The molecule has 1 N–H and O–H groups in total. The first-order chi connectivity index (χ1) is 13.2. The van der Waals surface area contributed by atoms with Gasteiger partial charge in [-0.1, -0.05) is 18.9 Å². The van der Waals surface area contributed by atoms with Crippen LogP contribution in [0.5, 0.6) is 17.4 Å². The van der Waals surface area contributed by atoms with Gasteiger partial charge in [0.25, 0.3) is 0 Å². The van der Waals surface area contributed by atoms with Gasteiger partial charge in [-0.15, -0.1) is 0 Å². The van der Waals surface area contributed by atoms with E-state index in [9.17, 15) is 4.79 Å². The van der Waals surface area contributed by atoms with E-state index in [1.807, 2.05) is 18.2 Å². The third-order valence-corrected chi connectivity index (χ3v) is 5.29. The van der Waals surface area contributed by atoms with Gasteiger partial charge in [0.1, 0.15) is 13.2 Å². The molecule has 1 atom stereocenters. The first kappa shape index (κ1) is 17.6. The maximum atomic E-state index is 13.2. The smallest absolute Gasteiger partial charge is 0.232 e. The fourth-order valence-electron chi connectivity index (χ4n) is 3.98. The quantitative estimate of drug-likeness (QED) is 0.870. The second kappa shape index (κ2) is 7.86. The number of hydrogen-bond acceptors (Lipinski definition) is 5. The number of carbonyl (C=O) groups excluding carboxylic acids is 1. The van der Waals surface area contributed by atoms with Crippen molar-refractivity contribution >= 4 is 11.6 Å². The molecule has 0 radical (unpaired) electrons. The van der Waals surface area contributed by atoms with Gasteiger partial charge in [0.15, 0.2) is 11.5 Å². The number of fused-ring (bicyclic) bond motifs is 1. The Labute approximate surface area is 158 Å². The van der Waals surface area contributed by atoms with E-state index in [4.69, 9.17) is 14.2 Å². The fourth-order valence-corrected chi connectivity index (χ4v) is 3.98. The largest absolute Gasteiger partial charge is 0.486 e. The van der Waals surface area contributed by atoms with Crippen LogP contribution in [0.4, 0.5) is 5.69 Å². The van der Waals surface area contributed by atoms with E-state index in [0.717, 1.165) is 29.9 Å². The van der Waals surface area contributed by atoms with E-state index in [1.54, 1.807) is 25.4 Å². The minimum Gasteiger partial charge on any atom is -0.486 e. The van der Waals surface area contributed by atoms with Crippen molar-refractivity contribution in [3.8, 4) is 17.4 Å². The topological polar surface area (TPSA) is 69.7 Å². The molecule has 2 aromatic rings. The Morgan fingerprint density at radius 2 is 1.93 bits per heavy atom. The number of anilines is 1. The fraction of sp³-hybridized carbons (Fsp3) is 0.429. The number of nitrogens with zero attached hydrogens (tertiary/aromatic N) is 1. The van der Waals surface area contributed by atoms with Crippen LogP contribution in [-0.4, -0.2) is 31.2 Å². The monoisotopic (exact) mass is 368 g/mol. The lowest BCUT2D eigenvalue weighted by atomic mass is 9.84. The van der Waals surface area contributed by atoms with Crippen molar-refractivity contribution < 1.29 is 19.0 Å². The SMILES string of the molecule is COc1ccc(NC(=O)C(c2ccc3c(c2)OCCO3)C2CCCC2)cn1. The number of pyridine rings is 1. The van der Waals surface area contributed by atoms with Gasteiger partial charge < -0.3 is 19.5 Å². The number of rotatable bonds is 5.